The van der Waals surface area contributed by atoms with Crippen molar-refractivity contribution in [2.75, 3.05) is 33.0 Å². The molecule has 1 rings (SSSR count). The number of ether oxygens (including phenoxy) is 3. The van der Waals surface area contributed by atoms with Crippen molar-refractivity contribution in [1.29, 1.82) is 0 Å². The summed E-state index contributed by atoms with van der Waals surface area (Å²) in [6, 6.07) is -0.936. The molecule has 5 unspecified atom stereocenters. The molecular weight excluding hydrogens is 438 g/mol. The summed E-state index contributed by atoms with van der Waals surface area (Å²) in [7, 11) is 0. The lowest BCUT2D eigenvalue weighted by Crippen LogP contribution is -2.62. The molecule has 0 radical (unpaired) electrons. The highest BCUT2D eigenvalue weighted by atomic mass is 16.7. The van der Waals surface area contributed by atoms with Crippen LogP contribution in [0.5, 0.6) is 0 Å². The molecule has 0 aliphatic carbocycles. The second kappa shape index (κ2) is 20.8. The van der Waals surface area contributed by atoms with E-state index in [1.165, 1.54) is 77.0 Å². The Balaban J connectivity index is 1.97. The first-order valence-corrected chi connectivity index (χ1v) is 13.7. The Hall–Kier alpha value is -0.320. The van der Waals surface area contributed by atoms with Crippen molar-refractivity contribution in [2.45, 2.75) is 127 Å². The molecule has 0 aromatic heterocycles. The van der Waals surface area contributed by atoms with Gasteiger partial charge < -0.3 is 40.4 Å². The van der Waals surface area contributed by atoms with Gasteiger partial charge in [-0.1, -0.05) is 90.4 Å². The molecule has 0 saturated carbocycles. The molecule has 0 amide bonds. The third-order valence-electron chi connectivity index (χ3n) is 6.68. The average molecular weight is 492 g/mol. The minimum Gasteiger partial charge on any atom is -0.396 e. The first-order chi connectivity index (χ1) is 16.5. The van der Waals surface area contributed by atoms with E-state index in [4.69, 9.17) is 19.9 Å². The van der Waals surface area contributed by atoms with Crippen molar-refractivity contribution in [3.63, 3.8) is 0 Å². The van der Waals surface area contributed by atoms with Gasteiger partial charge in [-0.05, 0) is 6.42 Å². The number of aliphatic hydroxyl groups is 4. The van der Waals surface area contributed by atoms with E-state index < -0.39 is 37.3 Å². The molecule has 204 valence electrons. The van der Waals surface area contributed by atoms with Crippen LogP contribution in [0.2, 0.25) is 0 Å². The Kier molecular flexibility index (Phi) is 19.4. The Morgan fingerprint density at radius 1 is 0.765 bits per heavy atom. The van der Waals surface area contributed by atoms with Crippen LogP contribution in [0.1, 0.15) is 96.8 Å². The lowest BCUT2D eigenvalue weighted by molar-refractivity contribution is -0.269. The first-order valence-electron chi connectivity index (χ1n) is 13.7. The molecule has 1 aliphatic rings. The van der Waals surface area contributed by atoms with E-state index in [0.29, 0.717) is 13.2 Å². The summed E-state index contributed by atoms with van der Waals surface area (Å²) < 4.78 is 16.7. The van der Waals surface area contributed by atoms with Crippen LogP contribution in [-0.2, 0) is 14.2 Å². The van der Waals surface area contributed by atoms with Crippen molar-refractivity contribution in [1.82, 2.24) is 0 Å². The Labute approximate surface area is 207 Å². The molecule has 8 heteroatoms. The Morgan fingerprint density at radius 3 is 1.79 bits per heavy atom. The standard InChI is InChI=1S/C26H53NO7/c1-2-3-4-5-6-7-8-9-10-11-12-13-14-15-16-32-19-21(17-28)20-33-26-23(27)25(31)24(30)22(18-29)34-26/h21-26,28-31H,2-20,27H2,1H3/t21-,22?,23?,24?,25?,26?/m1/s1. The maximum atomic E-state index is 9.98. The third kappa shape index (κ3) is 13.7. The maximum absolute atomic E-state index is 9.98. The highest BCUT2D eigenvalue weighted by molar-refractivity contribution is 4.91. The molecule has 6 atom stereocenters. The van der Waals surface area contributed by atoms with Gasteiger partial charge in [0.05, 0.1) is 32.5 Å². The first kappa shape index (κ1) is 31.7. The molecule has 34 heavy (non-hydrogen) atoms. The third-order valence-corrected chi connectivity index (χ3v) is 6.68. The Bertz CT molecular complexity index is 455. The molecule has 0 aromatic rings. The molecule has 0 spiro atoms. The van der Waals surface area contributed by atoms with E-state index in [9.17, 15) is 20.4 Å². The van der Waals surface area contributed by atoms with Gasteiger partial charge in [-0.2, -0.15) is 0 Å². The lowest BCUT2D eigenvalue weighted by atomic mass is 9.98. The zero-order valence-corrected chi connectivity index (χ0v) is 21.5. The summed E-state index contributed by atoms with van der Waals surface area (Å²) in [5.74, 6) is -0.237. The minimum atomic E-state index is -1.26. The molecule has 1 fully saturated rings. The van der Waals surface area contributed by atoms with Crippen molar-refractivity contribution < 1.29 is 34.6 Å². The van der Waals surface area contributed by atoms with Crippen LogP contribution >= 0.6 is 0 Å². The second-order valence-corrected chi connectivity index (χ2v) is 9.84. The quantitative estimate of drug-likeness (QED) is 0.146. The summed E-state index contributed by atoms with van der Waals surface area (Å²) in [4.78, 5) is 0. The van der Waals surface area contributed by atoms with E-state index in [1.54, 1.807) is 0 Å². The SMILES string of the molecule is CCCCCCCCCCCCCCCCOC[C@@H](CO)COC1OC(CO)C(O)C(O)C1N. The lowest BCUT2D eigenvalue weighted by Gasteiger charge is -2.40. The van der Waals surface area contributed by atoms with Gasteiger partial charge >= 0.3 is 0 Å². The van der Waals surface area contributed by atoms with E-state index in [-0.39, 0.29) is 19.1 Å². The van der Waals surface area contributed by atoms with E-state index in [0.717, 1.165) is 12.8 Å². The fourth-order valence-corrected chi connectivity index (χ4v) is 4.29. The van der Waals surface area contributed by atoms with Crippen LogP contribution in [0.15, 0.2) is 0 Å². The van der Waals surface area contributed by atoms with Gasteiger partial charge in [-0.25, -0.2) is 0 Å². The maximum Gasteiger partial charge on any atom is 0.175 e. The number of nitrogens with two attached hydrogens (primary N) is 1. The molecule has 8 nitrogen and oxygen atoms in total. The van der Waals surface area contributed by atoms with Crippen LogP contribution < -0.4 is 5.73 Å². The van der Waals surface area contributed by atoms with Crippen LogP contribution in [0.25, 0.3) is 0 Å². The van der Waals surface area contributed by atoms with Crippen LogP contribution in [0.4, 0.5) is 0 Å². The second-order valence-electron chi connectivity index (χ2n) is 9.84. The summed E-state index contributed by atoms with van der Waals surface area (Å²) in [5, 5.41) is 38.6. The summed E-state index contributed by atoms with van der Waals surface area (Å²) in [6.45, 7) is 2.89. The average Bonchev–Trinajstić information content (AvgIpc) is 2.85. The van der Waals surface area contributed by atoms with Crippen molar-refractivity contribution in [3.05, 3.63) is 0 Å². The fraction of sp³-hybridized carbons (Fsp3) is 1.00. The number of aliphatic hydroxyl groups excluding tert-OH is 4. The largest absolute Gasteiger partial charge is 0.396 e. The van der Waals surface area contributed by atoms with Gasteiger partial charge in [-0.3, -0.25) is 0 Å². The van der Waals surface area contributed by atoms with Crippen molar-refractivity contribution in [3.8, 4) is 0 Å². The molecule has 1 heterocycles. The minimum absolute atomic E-state index is 0.102. The van der Waals surface area contributed by atoms with Crippen LogP contribution in [0.3, 0.4) is 0 Å². The van der Waals surface area contributed by atoms with Crippen LogP contribution in [-0.4, -0.2) is 84.1 Å². The van der Waals surface area contributed by atoms with E-state index >= 15 is 0 Å². The molecular formula is C26H53NO7. The normalized spacial score (nSPS) is 26.1. The van der Waals surface area contributed by atoms with Gasteiger partial charge in [0.15, 0.2) is 6.29 Å². The summed E-state index contributed by atoms with van der Waals surface area (Å²) in [6.07, 6.45) is 14.0. The number of hydrogen-bond acceptors (Lipinski definition) is 8. The van der Waals surface area contributed by atoms with Crippen molar-refractivity contribution in [2.24, 2.45) is 11.7 Å². The van der Waals surface area contributed by atoms with Gasteiger partial charge in [0.25, 0.3) is 0 Å². The predicted molar refractivity (Wildman–Crippen MR) is 133 cm³/mol. The number of rotatable bonds is 22. The predicted octanol–water partition coefficient (Wildman–Crippen LogP) is 2.88. The van der Waals surface area contributed by atoms with Gasteiger partial charge in [0.2, 0.25) is 0 Å². The summed E-state index contributed by atoms with van der Waals surface area (Å²) >= 11 is 0. The highest BCUT2D eigenvalue weighted by Gasteiger charge is 2.43. The monoisotopic (exact) mass is 491 g/mol. The van der Waals surface area contributed by atoms with E-state index in [2.05, 4.69) is 6.92 Å². The highest BCUT2D eigenvalue weighted by Crippen LogP contribution is 2.21. The molecule has 0 bridgehead atoms. The zero-order valence-electron chi connectivity index (χ0n) is 21.5. The molecule has 6 N–H and O–H groups in total. The smallest absolute Gasteiger partial charge is 0.175 e. The fourth-order valence-electron chi connectivity index (χ4n) is 4.29. The molecule has 0 aromatic carbocycles. The Morgan fingerprint density at radius 2 is 1.29 bits per heavy atom. The molecule has 1 aliphatic heterocycles. The topological polar surface area (TPSA) is 135 Å². The van der Waals surface area contributed by atoms with Gasteiger partial charge in [0, 0.05) is 12.5 Å². The van der Waals surface area contributed by atoms with Crippen LogP contribution in [0, 0.1) is 5.92 Å². The van der Waals surface area contributed by atoms with Gasteiger partial charge in [-0.15, -0.1) is 0 Å². The summed E-state index contributed by atoms with van der Waals surface area (Å²) in [5.41, 5.74) is 5.86. The van der Waals surface area contributed by atoms with Gasteiger partial charge in [0.1, 0.15) is 18.3 Å². The number of hydrogen-bond donors (Lipinski definition) is 5. The zero-order chi connectivity index (χ0) is 25.0. The molecule has 1 saturated heterocycles. The number of unbranched alkanes of at least 4 members (excludes halogenated alkanes) is 13. The van der Waals surface area contributed by atoms with Crippen molar-refractivity contribution >= 4 is 0 Å². The van der Waals surface area contributed by atoms with E-state index in [1.807, 2.05) is 0 Å².